The Morgan fingerprint density at radius 2 is 1.88 bits per heavy atom. The Labute approximate surface area is 199 Å². The number of hydrogen-bond acceptors (Lipinski definition) is 6. The molecule has 8 nitrogen and oxygen atoms in total. The minimum atomic E-state index is -0.191. The average Bonchev–Trinajstić information content (AvgIpc) is 2.88. The smallest absolute Gasteiger partial charge is 0.265 e. The predicted molar refractivity (Wildman–Crippen MR) is 127 cm³/mol. The van der Waals surface area contributed by atoms with Gasteiger partial charge >= 0.3 is 0 Å². The number of morpholine rings is 1. The normalized spacial score (nSPS) is 15.5. The molecule has 0 saturated carbocycles. The van der Waals surface area contributed by atoms with Gasteiger partial charge in [-0.2, -0.15) is 0 Å². The number of ketones is 1. The summed E-state index contributed by atoms with van der Waals surface area (Å²) in [5, 5.41) is 0. The third kappa shape index (κ3) is 5.56. The van der Waals surface area contributed by atoms with Crippen molar-refractivity contribution in [3.63, 3.8) is 0 Å². The van der Waals surface area contributed by atoms with E-state index in [0.717, 1.165) is 12.0 Å². The zero-order valence-electron chi connectivity index (χ0n) is 19.5. The van der Waals surface area contributed by atoms with E-state index < -0.39 is 0 Å². The lowest BCUT2D eigenvalue weighted by atomic mass is 10.1. The van der Waals surface area contributed by atoms with Crippen LogP contribution in [0.15, 0.2) is 42.5 Å². The molecule has 34 heavy (non-hydrogen) atoms. The van der Waals surface area contributed by atoms with Crippen LogP contribution in [-0.4, -0.2) is 68.6 Å². The number of amides is 2. The number of benzene rings is 2. The maximum atomic E-state index is 12.8. The highest BCUT2D eigenvalue weighted by Crippen LogP contribution is 2.33. The van der Waals surface area contributed by atoms with E-state index in [1.165, 1.54) is 0 Å². The lowest BCUT2D eigenvalue weighted by Gasteiger charge is -2.30. The van der Waals surface area contributed by atoms with Crippen LogP contribution in [0.5, 0.6) is 11.5 Å². The van der Waals surface area contributed by atoms with E-state index in [0.29, 0.717) is 68.4 Å². The lowest BCUT2D eigenvalue weighted by Crippen LogP contribution is -2.42. The summed E-state index contributed by atoms with van der Waals surface area (Å²) in [6.45, 7) is 4.59. The number of fused-ring (bicyclic) bond motifs is 1. The van der Waals surface area contributed by atoms with E-state index in [1.54, 1.807) is 28.0 Å². The van der Waals surface area contributed by atoms with Crippen LogP contribution in [0, 0.1) is 0 Å². The second-order valence-corrected chi connectivity index (χ2v) is 8.29. The molecule has 8 heteroatoms. The van der Waals surface area contributed by atoms with Gasteiger partial charge in [-0.05, 0) is 42.7 Å². The number of nitrogens with zero attached hydrogens (tertiary/aromatic N) is 2. The van der Waals surface area contributed by atoms with E-state index in [9.17, 15) is 14.4 Å². The third-order valence-electron chi connectivity index (χ3n) is 6.07. The minimum Gasteiger partial charge on any atom is -0.485 e. The topological polar surface area (TPSA) is 85.4 Å². The Bertz CT molecular complexity index is 1050. The summed E-state index contributed by atoms with van der Waals surface area (Å²) in [6.07, 6.45) is 1.69. The Morgan fingerprint density at radius 1 is 1.09 bits per heavy atom. The first-order chi connectivity index (χ1) is 16.6. The number of para-hydroxylation sites is 1. The van der Waals surface area contributed by atoms with Crippen LogP contribution in [0.25, 0.3) is 0 Å². The van der Waals surface area contributed by atoms with E-state index in [-0.39, 0.29) is 30.8 Å². The van der Waals surface area contributed by atoms with Gasteiger partial charge in [-0.25, -0.2) is 0 Å². The van der Waals surface area contributed by atoms with Gasteiger partial charge in [0.1, 0.15) is 11.5 Å². The van der Waals surface area contributed by atoms with E-state index in [2.05, 4.69) is 0 Å². The molecule has 2 aliphatic rings. The summed E-state index contributed by atoms with van der Waals surface area (Å²) in [4.78, 5) is 41.2. The highest BCUT2D eigenvalue weighted by molar-refractivity contribution is 6.02. The number of rotatable bonds is 9. The number of carbonyl (C=O) groups is 3. The van der Waals surface area contributed by atoms with Crippen LogP contribution >= 0.6 is 0 Å². The Kier molecular flexibility index (Phi) is 7.80. The van der Waals surface area contributed by atoms with Gasteiger partial charge in [0, 0.05) is 31.6 Å². The van der Waals surface area contributed by atoms with Crippen molar-refractivity contribution in [1.82, 2.24) is 4.90 Å². The summed E-state index contributed by atoms with van der Waals surface area (Å²) < 4.78 is 16.6. The summed E-state index contributed by atoms with van der Waals surface area (Å²) in [7, 11) is 0. The first-order valence-corrected chi connectivity index (χ1v) is 11.7. The quantitative estimate of drug-likeness (QED) is 0.529. The Morgan fingerprint density at radius 3 is 2.68 bits per heavy atom. The fraction of sp³-hybridized carbons (Fsp3) is 0.423. The van der Waals surface area contributed by atoms with Crippen molar-refractivity contribution < 1.29 is 28.6 Å². The van der Waals surface area contributed by atoms with Crippen LogP contribution in [0.1, 0.15) is 35.7 Å². The maximum absolute atomic E-state index is 12.8. The maximum Gasteiger partial charge on any atom is 0.265 e. The second-order valence-electron chi connectivity index (χ2n) is 8.29. The zero-order valence-corrected chi connectivity index (χ0v) is 19.5. The van der Waals surface area contributed by atoms with Crippen molar-refractivity contribution in [2.45, 2.75) is 26.2 Å². The predicted octanol–water partition coefficient (Wildman–Crippen LogP) is 2.88. The molecular weight excluding hydrogens is 436 g/mol. The molecule has 2 aromatic rings. The standard InChI is InChI=1S/C26H30N2O6/c1-2-19-6-3-4-7-23(19)33-17-22(29)20-9-10-24-21(16-20)28(26(31)18-34-24)11-5-8-25(30)27-12-14-32-15-13-27/h3-4,6-7,9-10,16H,2,5,8,11-15,17-18H2,1H3. The largest absolute Gasteiger partial charge is 0.485 e. The van der Waals surface area contributed by atoms with Crippen LogP contribution < -0.4 is 14.4 Å². The molecule has 0 bridgehead atoms. The molecule has 0 aromatic heterocycles. The number of hydrogen-bond donors (Lipinski definition) is 0. The molecule has 0 unspecified atom stereocenters. The van der Waals surface area contributed by atoms with Gasteiger partial charge in [-0.15, -0.1) is 0 Å². The van der Waals surface area contributed by atoms with Gasteiger partial charge in [0.05, 0.1) is 18.9 Å². The fourth-order valence-corrected chi connectivity index (χ4v) is 4.14. The third-order valence-corrected chi connectivity index (χ3v) is 6.07. The molecule has 0 radical (unpaired) electrons. The number of carbonyl (C=O) groups excluding carboxylic acids is 3. The lowest BCUT2D eigenvalue weighted by molar-refractivity contribution is -0.135. The monoisotopic (exact) mass is 466 g/mol. The van der Waals surface area contributed by atoms with E-state index in [4.69, 9.17) is 14.2 Å². The van der Waals surface area contributed by atoms with Crippen molar-refractivity contribution in [2.75, 3.05) is 51.0 Å². The molecule has 4 rings (SSSR count). The highest BCUT2D eigenvalue weighted by Gasteiger charge is 2.27. The van der Waals surface area contributed by atoms with Gasteiger partial charge < -0.3 is 24.0 Å². The highest BCUT2D eigenvalue weighted by atomic mass is 16.5. The minimum absolute atomic E-state index is 0.0609. The van der Waals surface area contributed by atoms with Gasteiger partial charge in [-0.3, -0.25) is 14.4 Å². The molecule has 2 amide bonds. The van der Waals surface area contributed by atoms with Crippen LogP contribution in [-0.2, 0) is 20.7 Å². The first-order valence-electron chi connectivity index (χ1n) is 11.7. The second kappa shape index (κ2) is 11.2. The molecular formula is C26H30N2O6. The van der Waals surface area contributed by atoms with E-state index in [1.807, 2.05) is 31.2 Å². The number of anilines is 1. The molecule has 0 atom stereocenters. The molecule has 1 saturated heterocycles. The molecule has 0 aliphatic carbocycles. The number of Topliss-reactive ketones (excluding diaryl/α,β-unsaturated/α-hetero) is 1. The van der Waals surface area contributed by atoms with Crippen molar-refractivity contribution in [3.8, 4) is 11.5 Å². The van der Waals surface area contributed by atoms with Gasteiger partial charge in [0.15, 0.2) is 19.0 Å². The van der Waals surface area contributed by atoms with Crippen LogP contribution in [0.3, 0.4) is 0 Å². The molecule has 0 spiro atoms. The summed E-state index contributed by atoms with van der Waals surface area (Å²) in [5.74, 6) is 0.935. The van der Waals surface area contributed by atoms with Crippen molar-refractivity contribution in [1.29, 1.82) is 0 Å². The SMILES string of the molecule is CCc1ccccc1OCC(=O)c1ccc2c(c1)N(CCCC(=O)N1CCOCC1)C(=O)CO2. The molecule has 2 aromatic carbocycles. The molecule has 1 fully saturated rings. The molecule has 2 aliphatic heterocycles. The molecule has 0 N–H and O–H groups in total. The Hall–Kier alpha value is -3.39. The number of ether oxygens (including phenoxy) is 3. The first kappa shape index (κ1) is 23.8. The number of aryl methyl sites for hydroxylation is 1. The molecule has 180 valence electrons. The van der Waals surface area contributed by atoms with Gasteiger partial charge in [-0.1, -0.05) is 25.1 Å². The summed E-state index contributed by atoms with van der Waals surface area (Å²) in [5.41, 5.74) is 2.04. The van der Waals surface area contributed by atoms with Gasteiger partial charge in [0.2, 0.25) is 5.91 Å². The molecule has 2 heterocycles. The van der Waals surface area contributed by atoms with E-state index >= 15 is 0 Å². The average molecular weight is 467 g/mol. The van der Waals surface area contributed by atoms with Gasteiger partial charge in [0.25, 0.3) is 5.91 Å². The Balaban J connectivity index is 1.40. The summed E-state index contributed by atoms with van der Waals surface area (Å²) in [6, 6.07) is 12.7. The van der Waals surface area contributed by atoms with Crippen molar-refractivity contribution in [3.05, 3.63) is 53.6 Å². The zero-order chi connectivity index (χ0) is 23.9. The fourth-order valence-electron chi connectivity index (χ4n) is 4.14. The summed E-state index contributed by atoms with van der Waals surface area (Å²) >= 11 is 0. The van der Waals surface area contributed by atoms with Crippen LogP contribution in [0.2, 0.25) is 0 Å². The van der Waals surface area contributed by atoms with Crippen molar-refractivity contribution in [2.24, 2.45) is 0 Å². The van der Waals surface area contributed by atoms with Crippen molar-refractivity contribution >= 4 is 23.3 Å². The van der Waals surface area contributed by atoms with Crippen LogP contribution in [0.4, 0.5) is 5.69 Å².